The number of hydrogen-bond donors (Lipinski definition) is 1. The molecule has 5 fully saturated rings. The van der Waals surface area contributed by atoms with Crippen LogP contribution < -0.4 is 14.8 Å². The van der Waals surface area contributed by atoms with E-state index >= 15 is 0 Å². The van der Waals surface area contributed by atoms with Gasteiger partial charge < -0.3 is 19.7 Å². The molecule has 4 bridgehead atoms. The average Bonchev–Trinajstić information content (AvgIpc) is 3.26. The predicted molar refractivity (Wildman–Crippen MR) is 115 cm³/mol. The quantitative estimate of drug-likeness (QED) is 0.806. The van der Waals surface area contributed by atoms with Gasteiger partial charge >= 0.3 is 0 Å². The molecule has 6 heteroatoms. The molecule has 6 aliphatic rings. The zero-order chi connectivity index (χ0) is 21.0. The number of para-hydroxylation sites is 2. The maximum atomic E-state index is 13.8. The summed E-state index contributed by atoms with van der Waals surface area (Å²) in [5, 5.41) is 3.05. The maximum absolute atomic E-state index is 13.8. The van der Waals surface area contributed by atoms with E-state index in [-0.39, 0.29) is 29.4 Å². The SMILES string of the molecule is O=C(NC[C@H]1COc2ccccc2O1)[C@H]1CCCN1C(=O)C12CC3CC(CC(C3)C1)C2. The zero-order valence-electron chi connectivity index (χ0n) is 18.1. The Balaban J connectivity index is 1.09. The molecule has 0 aromatic heterocycles. The van der Waals surface area contributed by atoms with Crippen LogP contribution in [0.5, 0.6) is 11.5 Å². The van der Waals surface area contributed by atoms with E-state index in [1.54, 1.807) is 0 Å². The third-order valence-corrected chi connectivity index (χ3v) is 8.38. The summed E-state index contributed by atoms with van der Waals surface area (Å²) in [7, 11) is 0. The highest BCUT2D eigenvalue weighted by atomic mass is 16.6. The summed E-state index contributed by atoms with van der Waals surface area (Å²) in [6.45, 7) is 1.52. The molecule has 2 aliphatic heterocycles. The van der Waals surface area contributed by atoms with E-state index in [2.05, 4.69) is 5.32 Å². The van der Waals surface area contributed by atoms with E-state index in [1.807, 2.05) is 29.2 Å². The van der Waals surface area contributed by atoms with Crippen LogP contribution in [-0.4, -0.2) is 48.6 Å². The van der Waals surface area contributed by atoms with Crippen molar-refractivity contribution in [2.24, 2.45) is 23.2 Å². The number of hydrogen-bond acceptors (Lipinski definition) is 4. The van der Waals surface area contributed by atoms with Crippen molar-refractivity contribution in [1.29, 1.82) is 0 Å². The molecule has 1 aromatic rings. The van der Waals surface area contributed by atoms with Gasteiger partial charge in [-0.1, -0.05) is 12.1 Å². The topological polar surface area (TPSA) is 67.9 Å². The van der Waals surface area contributed by atoms with Gasteiger partial charge in [0, 0.05) is 6.54 Å². The first-order chi connectivity index (χ1) is 15.1. The second-order valence-electron chi connectivity index (χ2n) is 10.6. The predicted octanol–water partition coefficient (Wildman–Crippen LogP) is 3.15. The second kappa shape index (κ2) is 7.42. The summed E-state index contributed by atoms with van der Waals surface area (Å²) >= 11 is 0. The summed E-state index contributed by atoms with van der Waals surface area (Å²) in [6.07, 6.45) is 8.57. The molecule has 4 saturated carbocycles. The Morgan fingerprint density at radius 2 is 1.71 bits per heavy atom. The molecule has 0 unspecified atom stereocenters. The van der Waals surface area contributed by atoms with Gasteiger partial charge in [-0.25, -0.2) is 0 Å². The largest absolute Gasteiger partial charge is 0.486 e. The molecular weight excluding hydrogens is 392 g/mol. The van der Waals surface area contributed by atoms with Crippen LogP contribution in [0, 0.1) is 23.2 Å². The number of ether oxygens (including phenoxy) is 2. The molecule has 2 heterocycles. The summed E-state index contributed by atoms with van der Waals surface area (Å²) in [6, 6.07) is 7.26. The molecular formula is C25H32N2O4. The minimum Gasteiger partial charge on any atom is -0.486 e. The van der Waals surface area contributed by atoms with Gasteiger partial charge in [-0.15, -0.1) is 0 Å². The highest BCUT2D eigenvalue weighted by Crippen LogP contribution is 2.60. The van der Waals surface area contributed by atoms with Gasteiger partial charge in [0.05, 0.1) is 12.0 Å². The second-order valence-corrected chi connectivity index (χ2v) is 10.6. The van der Waals surface area contributed by atoms with E-state index in [0.717, 1.165) is 62.2 Å². The molecule has 31 heavy (non-hydrogen) atoms. The number of carbonyl (C=O) groups excluding carboxylic acids is 2. The molecule has 7 rings (SSSR count). The van der Waals surface area contributed by atoms with E-state index in [1.165, 1.54) is 19.3 Å². The lowest BCUT2D eigenvalue weighted by molar-refractivity contribution is -0.160. The Labute approximate surface area is 183 Å². The fourth-order valence-electron chi connectivity index (χ4n) is 7.46. The lowest BCUT2D eigenvalue weighted by atomic mass is 9.49. The standard InChI is InChI=1S/C25H32N2O4/c28-23(26-14-19-15-30-21-5-1-2-6-22(21)31-19)20-4-3-7-27(20)24(29)25-11-16-8-17(12-25)10-18(9-16)13-25/h1-2,5-6,16-20H,3-4,7-15H2,(H,26,28)/t16?,17?,18?,19-,20+,25?/m0/s1. The van der Waals surface area contributed by atoms with E-state index in [4.69, 9.17) is 9.47 Å². The van der Waals surface area contributed by atoms with Gasteiger partial charge in [0.15, 0.2) is 11.5 Å². The third kappa shape index (κ3) is 3.39. The Kier molecular flexibility index (Phi) is 4.65. The molecule has 166 valence electrons. The van der Waals surface area contributed by atoms with Crippen molar-refractivity contribution in [3.63, 3.8) is 0 Å². The van der Waals surface area contributed by atoms with Crippen LogP contribution in [0.2, 0.25) is 0 Å². The third-order valence-electron chi connectivity index (χ3n) is 8.38. The first-order valence-electron chi connectivity index (χ1n) is 12.1. The number of amides is 2. The first-order valence-corrected chi connectivity index (χ1v) is 12.1. The lowest BCUT2D eigenvalue weighted by Gasteiger charge is -2.56. The van der Waals surface area contributed by atoms with E-state index < -0.39 is 0 Å². The summed E-state index contributed by atoms with van der Waals surface area (Å²) in [4.78, 5) is 28.8. The van der Waals surface area contributed by atoms with E-state index in [9.17, 15) is 9.59 Å². The number of likely N-dealkylation sites (tertiary alicyclic amines) is 1. The normalized spacial score (nSPS) is 37.7. The molecule has 6 nitrogen and oxygen atoms in total. The fourth-order valence-corrected chi connectivity index (χ4v) is 7.46. The van der Waals surface area contributed by atoms with Gasteiger partial charge in [-0.05, 0) is 81.3 Å². The number of fused-ring (bicyclic) bond motifs is 1. The van der Waals surface area contributed by atoms with Crippen LogP contribution in [0.3, 0.4) is 0 Å². The van der Waals surface area contributed by atoms with Crippen molar-refractivity contribution >= 4 is 11.8 Å². The monoisotopic (exact) mass is 424 g/mol. The maximum Gasteiger partial charge on any atom is 0.242 e. The summed E-state index contributed by atoms with van der Waals surface area (Å²) in [5.41, 5.74) is -0.179. The van der Waals surface area contributed by atoms with Crippen molar-refractivity contribution in [3.8, 4) is 11.5 Å². The van der Waals surface area contributed by atoms with Gasteiger partial charge in [0.1, 0.15) is 18.8 Å². The van der Waals surface area contributed by atoms with Crippen LogP contribution in [0.4, 0.5) is 0 Å². The fraction of sp³-hybridized carbons (Fsp3) is 0.680. The smallest absolute Gasteiger partial charge is 0.242 e. The van der Waals surface area contributed by atoms with Crippen molar-refractivity contribution in [1.82, 2.24) is 10.2 Å². The van der Waals surface area contributed by atoms with Gasteiger partial charge in [-0.3, -0.25) is 9.59 Å². The Morgan fingerprint density at radius 3 is 2.42 bits per heavy atom. The number of rotatable bonds is 4. The summed E-state index contributed by atoms with van der Waals surface area (Å²) < 4.78 is 11.7. The summed E-state index contributed by atoms with van der Waals surface area (Å²) in [5.74, 6) is 3.89. The number of nitrogens with one attached hydrogen (secondary N) is 1. The Morgan fingerprint density at radius 1 is 1.03 bits per heavy atom. The molecule has 1 saturated heterocycles. The van der Waals surface area contributed by atoms with Gasteiger partial charge in [0.25, 0.3) is 0 Å². The van der Waals surface area contributed by atoms with Crippen LogP contribution in [0.1, 0.15) is 51.4 Å². The molecule has 0 spiro atoms. The van der Waals surface area contributed by atoms with Crippen LogP contribution in [-0.2, 0) is 9.59 Å². The molecule has 1 aromatic carbocycles. The molecule has 4 aliphatic carbocycles. The molecule has 1 N–H and O–H groups in total. The average molecular weight is 425 g/mol. The number of carbonyl (C=O) groups is 2. The minimum atomic E-state index is -0.336. The van der Waals surface area contributed by atoms with Crippen molar-refractivity contribution in [2.75, 3.05) is 19.7 Å². The minimum absolute atomic E-state index is 0.0435. The first kappa shape index (κ1) is 19.4. The highest BCUT2D eigenvalue weighted by Gasteiger charge is 2.56. The highest BCUT2D eigenvalue weighted by molar-refractivity contribution is 5.91. The zero-order valence-corrected chi connectivity index (χ0v) is 18.1. The molecule has 2 amide bonds. The molecule has 2 atom stereocenters. The lowest BCUT2D eigenvalue weighted by Crippen LogP contribution is -2.57. The number of nitrogens with zero attached hydrogens (tertiary/aromatic N) is 1. The Hall–Kier alpha value is -2.24. The molecule has 0 radical (unpaired) electrons. The van der Waals surface area contributed by atoms with Crippen LogP contribution >= 0.6 is 0 Å². The number of benzene rings is 1. The van der Waals surface area contributed by atoms with Crippen molar-refractivity contribution in [2.45, 2.75) is 63.5 Å². The van der Waals surface area contributed by atoms with Crippen molar-refractivity contribution in [3.05, 3.63) is 24.3 Å². The van der Waals surface area contributed by atoms with Crippen LogP contribution in [0.15, 0.2) is 24.3 Å². The Bertz CT molecular complexity index is 849. The van der Waals surface area contributed by atoms with E-state index in [0.29, 0.717) is 18.9 Å². The van der Waals surface area contributed by atoms with Crippen molar-refractivity contribution < 1.29 is 19.1 Å². The van der Waals surface area contributed by atoms with Crippen LogP contribution in [0.25, 0.3) is 0 Å². The van der Waals surface area contributed by atoms with Gasteiger partial charge in [0.2, 0.25) is 11.8 Å². The van der Waals surface area contributed by atoms with Gasteiger partial charge in [-0.2, -0.15) is 0 Å².